The van der Waals surface area contributed by atoms with E-state index in [9.17, 15) is 19.5 Å². The van der Waals surface area contributed by atoms with Gasteiger partial charge in [0.25, 0.3) is 11.8 Å². The molecule has 0 bridgehead atoms. The van der Waals surface area contributed by atoms with Crippen LogP contribution in [0.4, 0.5) is 16.2 Å². The van der Waals surface area contributed by atoms with E-state index in [2.05, 4.69) is 10.6 Å². The molecule has 258 valence electrons. The maximum atomic E-state index is 14.4. The number of nitrogens with one attached hydrogen (secondary N) is 2. The molecule has 3 aromatic carbocycles. The van der Waals surface area contributed by atoms with Crippen LogP contribution >= 0.6 is 0 Å². The first kappa shape index (κ1) is 36.2. The molecule has 11 nitrogen and oxygen atoms in total. The Morgan fingerprint density at radius 1 is 1.02 bits per heavy atom. The van der Waals surface area contributed by atoms with Crippen LogP contribution in [0.15, 0.2) is 72.8 Å². The van der Waals surface area contributed by atoms with E-state index in [4.69, 9.17) is 14.2 Å². The highest BCUT2D eigenvalue weighted by atomic mass is 16.5. The maximum absolute atomic E-state index is 14.4. The van der Waals surface area contributed by atoms with Crippen LogP contribution in [0.25, 0.3) is 0 Å². The van der Waals surface area contributed by atoms with Crippen LogP contribution in [0.2, 0.25) is 0 Å². The van der Waals surface area contributed by atoms with Crippen LogP contribution in [0, 0.1) is 5.92 Å². The number of benzene rings is 3. The van der Waals surface area contributed by atoms with Crippen molar-refractivity contribution in [2.24, 2.45) is 5.92 Å². The van der Waals surface area contributed by atoms with Crippen molar-refractivity contribution in [3.63, 3.8) is 0 Å². The Kier molecular flexibility index (Phi) is 13.2. The number of urea groups is 1. The number of nitrogens with zero attached hydrogens (tertiary/aromatic N) is 2. The Morgan fingerprint density at radius 3 is 2.42 bits per heavy atom. The highest BCUT2D eigenvalue weighted by Gasteiger charge is 2.31. The Hall–Kier alpha value is -4.61. The Bertz CT molecular complexity index is 1500. The highest BCUT2D eigenvalue weighted by molar-refractivity contribution is 6.05. The van der Waals surface area contributed by atoms with Gasteiger partial charge in [-0.05, 0) is 87.7 Å². The Labute approximate surface area is 283 Å². The smallest absolute Gasteiger partial charge is 0.321 e. The number of aliphatic hydroxyl groups excluding tert-OH is 1. The summed E-state index contributed by atoms with van der Waals surface area (Å²) in [4.78, 5) is 43.6. The summed E-state index contributed by atoms with van der Waals surface area (Å²) < 4.78 is 17.9. The minimum atomic E-state index is -0.530. The number of ether oxygens (including phenoxy) is 3. The number of carbonyl (C=O) groups excluding carboxylic acids is 3. The first-order chi connectivity index (χ1) is 23.1. The first-order valence-corrected chi connectivity index (χ1v) is 16.5. The van der Waals surface area contributed by atoms with Crippen molar-refractivity contribution >= 4 is 29.2 Å². The van der Waals surface area contributed by atoms with Gasteiger partial charge in [0.15, 0.2) is 0 Å². The fraction of sp³-hybridized carbons (Fsp3) is 0.432. The van der Waals surface area contributed by atoms with Crippen LogP contribution in [0.1, 0.15) is 60.7 Å². The van der Waals surface area contributed by atoms with Gasteiger partial charge in [-0.25, -0.2) is 4.79 Å². The molecule has 4 amide bonds. The zero-order valence-corrected chi connectivity index (χ0v) is 28.5. The molecule has 0 aromatic heterocycles. The molecule has 4 atom stereocenters. The maximum Gasteiger partial charge on any atom is 0.321 e. The van der Waals surface area contributed by atoms with Crippen LogP contribution in [0.5, 0.6) is 11.5 Å². The zero-order valence-electron chi connectivity index (χ0n) is 28.5. The van der Waals surface area contributed by atoms with Crippen molar-refractivity contribution < 1.29 is 33.7 Å². The van der Waals surface area contributed by atoms with E-state index in [1.165, 1.54) is 0 Å². The SMILES string of the molecule is COc1ccc(NC(=O)N(C)C[C@@H]2OCCCC[C@@H](C)Oc3ccc(NC(=O)c4ccccc4)cc3C(=O)N([C@H](C)CO)C[C@@H]2C)cc1. The highest BCUT2D eigenvalue weighted by Crippen LogP contribution is 2.29. The minimum Gasteiger partial charge on any atom is -0.497 e. The van der Waals surface area contributed by atoms with Crippen LogP contribution in [0.3, 0.4) is 0 Å². The van der Waals surface area contributed by atoms with E-state index in [1.54, 1.807) is 97.6 Å². The average molecular weight is 661 g/mol. The second kappa shape index (κ2) is 17.5. The van der Waals surface area contributed by atoms with E-state index >= 15 is 0 Å². The third kappa shape index (κ3) is 9.95. The number of methoxy groups -OCH3 is 1. The molecule has 0 spiro atoms. The molecule has 0 saturated carbocycles. The van der Waals surface area contributed by atoms with E-state index in [1.807, 2.05) is 19.9 Å². The minimum absolute atomic E-state index is 0.185. The lowest BCUT2D eigenvalue weighted by atomic mass is 10.0. The average Bonchev–Trinajstić information content (AvgIpc) is 3.10. The van der Waals surface area contributed by atoms with Crippen molar-refractivity contribution in [1.29, 1.82) is 0 Å². The van der Waals surface area contributed by atoms with Crippen LogP contribution in [-0.4, -0.2) is 91.5 Å². The van der Waals surface area contributed by atoms with Gasteiger partial charge in [0, 0.05) is 49.6 Å². The van der Waals surface area contributed by atoms with Gasteiger partial charge in [-0.1, -0.05) is 25.1 Å². The number of likely N-dealkylation sites (N-methyl/N-ethyl adjacent to an activating group) is 1. The number of hydrogen-bond acceptors (Lipinski definition) is 7. The summed E-state index contributed by atoms with van der Waals surface area (Å²) in [5.41, 5.74) is 1.86. The molecule has 48 heavy (non-hydrogen) atoms. The van der Waals surface area contributed by atoms with Crippen molar-refractivity contribution in [1.82, 2.24) is 9.80 Å². The van der Waals surface area contributed by atoms with Gasteiger partial charge in [-0.2, -0.15) is 0 Å². The Morgan fingerprint density at radius 2 is 1.73 bits per heavy atom. The van der Waals surface area contributed by atoms with E-state index in [0.717, 1.165) is 19.3 Å². The summed E-state index contributed by atoms with van der Waals surface area (Å²) in [7, 11) is 3.29. The quantitative estimate of drug-likeness (QED) is 0.274. The number of aliphatic hydroxyl groups is 1. The molecular formula is C37H48N4O7. The lowest BCUT2D eigenvalue weighted by Gasteiger charge is -2.35. The van der Waals surface area contributed by atoms with Gasteiger partial charge >= 0.3 is 6.03 Å². The molecule has 0 unspecified atom stereocenters. The normalized spacial score (nSPS) is 19.6. The molecule has 1 aliphatic rings. The summed E-state index contributed by atoms with van der Waals surface area (Å²) in [6.45, 7) is 6.47. The van der Waals surface area contributed by atoms with E-state index in [-0.39, 0.29) is 55.1 Å². The van der Waals surface area contributed by atoms with Gasteiger partial charge in [0.05, 0.1) is 37.5 Å². The molecule has 4 rings (SSSR count). The largest absolute Gasteiger partial charge is 0.497 e. The van der Waals surface area contributed by atoms with E-state index < -0.39 is 12.1 Å². The van der Waals surface area contributed by atoms with Gasteiger partial charge in [0.2, 0.25) is 0 Å². The molecule has 3 N–H and O–H groups in total. The number of anilines is 2. The molecule has 1 heterocycles. The summed E-state index contributed by atoms with van der Waals surface area (Å²) in [6.07, 6.45) is 1.80. The van der Waals surface area contributed by atoms with Gasteiger partial charge in [0.1, 0.15) is 11.5 Å². The second-order valence-corrected chi connectivity index (χ2v) is 12.4. The molecule has 0 aliphatic carbocycles. The number of carbonyl (C=O) groups is 3. The third-order valence-corrected chi connectivity index (χ3v) is 8.49. The summed E-state index contributed by atoms with van der Waals surface area (Å²) >= 11 is 0. The zero-order chi connectivity index (χ0) is 34.6. The predicted molar refractivity (Wildman–Crippen MR) is 186 cm³/mol. The molecule has 1 aliphatic heterocycles. The first-order valence-electron chi connectivity index (χ1n) is 16.5. The fourth-order valence-electron chi connectivity index (χ4n) is 5.50. The number of amides is 4. The number of rotatable bonds is 8. The molecule has 0 radical (unpaired) electrons. The molecule has 0 fully saturated rings. The van der Waals surface area contributed by atoms with Crippen molar-refractivity contribution in [2.45, 2.75) is 58.3 Å². The monoisotopic (exact) mass is 660 g/mol. The second-order valence-electron chi connectivity index (χ2n) is 12.4. The lowest BCUT2D eigenvalue weighted by molar-refractivity contribution is -0.0115. The number of hydrogen-bond donors (Lipinski definition) is 3. The van der Waals surface area contributed by atoms with Gasteiger partial charge in [-0.15, -0.1) is 0 Å². The van der Waals surface area contributed by atoms with Gasteiger partial charge < -0.3 is 39.8 Å². The number of fused-ring (bicyclic) bond motifs is 1. The van der Waals surface area contributed by atoms with Gasteiger partial charge in [-0.3, -0.25) is 9.59 Å². The van der Waals surface area contributed by atoms with Crippen molar-refractivity contribution in [3.8, 4) is 11.5 Å². The molecule has 3 aromatic rings. The molecular weight excluding hydrogens is 612 g/mol. The summed E-state index contributed by atoms with van der Waals surface area (Å²) in [5, 5.41) is 16.0. The lowest BCUT2D eigenvalue weighted by Crippen LogP contribution is -2.48. The summed E-state index contributed by atoms with van der Waals surface area (Å²) in [6, 6.07) is 20.2. The molecule has 0 saturated heterocycles. The summed E-state index contributed by atoms with van der Waals surface area (Å²) in [5.74, 6) is 0.241. The van der Waals surface area contributed by atoms with Crippen molar-refractivity contribution in [3.05, 3.63) is 83.9 Å². The third-order valence-electron chi connectivity index (χ3n) is 8.49. The van der Waals surface area contributed by atoms with Crippen LogP contribution in [-0.2, 0) is 4.74 Å². The van der Waals surface area contributed by atoms with Crippen molar-refractivity contribution in [2.75, 3.05) is 51.1 Å². The predicted octanol–water partition coefficient (Wildman–Crippen LogP) is 5.91. The standard InChI is InChI=1S/C37H48N4O7/c1-25-22-41(26(2)24-42)36(44)32-21-30(38-35(43)28-12-7-6-8-13-28)16-19-33(32)48-27(3)11-9-10-20-47-34(25)23-40(4)37(45)39-29-14-17-31(46-5)18-15-29/h6-8,12-19,21,25-27,34,42H,9-11,20,22-24H2,1-5H3,(H,38,43)(H,39,45)/t25-,26+,27+,34-/m0/s1. The molecule has 11 heteroatoms. The van der Waals surface area contributed by atoms with Crippen LogP contribution < -0.4 is 20.1 Å². The fourth-order valence-corrected chi connectivity index (χ4v) is 5.50. The Balaban J connectivity index is 1.58. The van der Waals surface area contributed by atoms with E-state index in [0.29, 0.717) is 35.0 Å². The topological polar surface area (TPSA) is 130 Å².